The van der Waals surface area contributed by atoms with Crippen molar-refractivity contribution in [3.05, 3.63) is 60.6 Å². The summed E-state index contributed by atoms with van der Waals surface area (Å²) in [7, 11) is 3.44. The van der Waals surface area contributed by atoms with E-state index in [1.54, 1.807) is 18.1 Å². The highest BCUT2D eigenvalue weighted by Gasteiger charge is 2.13. The summed E-state index contributed by atoms with van der Waals surface area (Å²) in [6, 6.07) is 15.1. The third kappa shape index (κ3) is 3.84. The molecule has 30 heavy (non-hydrogen) atoms. The topological polar surface area (TPSA) is 83.2 Å². The van der Waals surface area contributed by atoms with E-state index in [1.165, 1.54) is 0 Å². The number of nitrogens with zero attached hydrogens (tertiary/aromatic N) is 4. The quantitative estimate of drug-likeness (QED) is 0.519. The van der Waals surface area contributed by atoms with Gasteiger partial charge in [0, 0.05) is 24.8 Å². The van der Waals surface area contributed by atoms with Crippen molar-refractivity contribution >= 4 is 22.8 Å². The van der Waals surface area contributed by atoms with Crippen LogP contribution in [0.5, 0.6) is 5.75 Å². The average molecular weight is 405 g/mol. The summed E-state index contributed by atoms with van der Waals surface area (Å²) in [5, 5.41) is 7.26. The van der Waals surface area contributed by atoms with Gasteiger partial charge in [-0.1, -0.05) is 12.1 Å². The molecule has 0 atom stereocenters. The molecule has 2 aromatic heterocycles. The first-order valence-corrected chi connectivity index (χ1v) is 9.64. The zero-order valence-electron chi connectivity index (χ0n) is 17.1. The van der Waals surface area contributed by atoms with Gasteiger partial charge in [-0.15, -0.1) is 0 Å². The first-order valence-electron chi connectivity index (χ1n) is 9.64. The molecule has 0 radical (unpaired) electrons. The Morgan fingerprint density at radius 1 is 1.17 bits per heavy atom. The Morgan fingerprint density at radius 3 is 2.80 bits per heavy atom. The van der Waals surface area contributed by atoms with Crippen LogP contribution in [0.4, 0.5) is 10.5 Å². The zero-order valence-corrected chi connectivity index (χ0v) is 17.1. The van der Waals surface area contributed by atoms with Gasteiger partial charge in [-0.2, -0.15) is 5.10 Å². The average Bonchev–Trinajstić information content (AvgIpc) is 3.34. The maximum atomic E-state index is 12.3. The maximum Gasteiger partial charge on any atom is 0.412 e. The Balaban J connectivity index is 1.42. The van der Waals surface area contributed by atoms with E-state index in [1.807, 2.05) is 60.1 Å². The fourth-order valence-electron chi connectivity index (χ4n) is 3.32. The van der Waals surface area contributed by atoms with E-state index < -0.39 is 6.09 Å². The van der Waals surface area contributed by atoms with Gasteiger partial charge in [-0.05, 0) is 43.3 Å². The molecule has 0 spiro atoms. The molecule has 8 heteroatoms. The molecule has 4 rings (SSSR count). The number of aromatic nitrogens is 4. The maximum absolute atomic E-state index is 12.3. The summed E-state index contributed by atoms with van der Waals surface area (Å²) in [6.07, 6.45) is 1.25. The largest absolute Gasteiger partial charge is 0.496 e. The van der Waals surface area contributed by atoms with Gasteiger partial charge >= 0.3 is 6.09 Å². The second-order valence-corrected chi connectivity index (χ2v) is 6.78. The van der Waals surface area contributed by atoms with Gasteiger partial charge in [0.05, 0.1) is 35.9 Å². The Labute approximate surface area is 174 Å². The van der Waals surface area contributed by atoms with Crippen LogP contribution in [0, 0.1) is 0 Å². The molecule has 1 amide bonds. The number of benzene rings is 2. The predicted octanol–water partition coefficient (Wildman–Crippen LogP) is 4.21. The normalized spacial score (nSPS) is 10.9. The van der Waals surface area contributed by atoms with Crippen molar-refractivity contribution in [2.45, 2.75) is 20.1 Å². The highest BCUT2D eigenvalue weighted by atomic mass is 16.5. The van der Waals surface area contributed by atoms with E-state index >= 15 is 0 Å². The van der Waals surface area contributed by atoms with Gasteiger partial charge < -0.3 is 14.0 Å². The van der Waals surface area contributed by atoms with Crippen LogP contribution in [0.25, 0.3) is 22.3 Å². The minimum absolute atomic E-state index is 0.0944. The molecule has 0 aliphatic carbocycles. The van der Waals surface area contributed by atoms with Gasteiger partial charge in [0.25, 0.3) is 0 Å². The van der Waals surface area contributed by atoms with Gasteiger partial charge in [0.1, 0.15) is 12.4 Å². The second-order valence-electron chi connectivity index (χ2n) is 6.78. The minimum atomic E-state index is -0.538. The van der Waals surface area contributed by atoms with Crippen LogP contribution in [0.1, 0.15) is 12.6 Å². The number of aryl methyl sites for hydroxylation is 2. The van der Waals surface area contributed by atoms with Crippen molar-refractivity contribution < 1.29 is 14.3 Å². The number of fused-ring (bicyclic) bond motifs is 1. The molecule has 2 aromatic carbocycles. The highest BCUT2D eigenvalue weighted by molar-refractivity contribution is 5.88. The lowest BCUT2D eigenvalue weighted by atomic mass is 10.1. The van der Waals surface area contributed by atoms with Gasteiger partial charge in [0.15, 0.2) is 0 Å². The first-order chi connectivity index (χ1) is 14.6. The van der Waals surface area contributed by atoms with Crippen molar-refractivity contribution in [1.29, 1.82) is 0 Å². The number of nitrogens with one attached hydrogen (secondary N) is 1. The van der Waals surface area contributed by atoms with Crippen LogP contribution in [-0.4, -0.2) is 32.5 Å². The molecular weight excluding hydrogens is 382 g/mol. The van der Waals surface area contributed by atoms with Crippen molar-refractivity contribution in [2.24, 2.45) is 7.05 Å². The molecule has 0 bridgehead atoms. The number of methoxy groups -OCH3 is 1. The van der Waals surface area contributed by atoms with E-state index in [0.717, 1.165) is 40.3 Å². The van der Waals surface area contributed by atoms with Gasteiger partial charge in [-0.25, -0.2) is 9.78 Å². The lowest BCUT2D eigenvalue weighted by Gasteiger charge is -2.07. The van der Waals surface area contributed by atoms with Crippen LogP contribution in [0.15, 0.2) is 54.9 Å². The standard InChI is InChI=1S/C22H23N5O3/c1-4-27-14-23-19-11-15(9-10-20(19)27)24-22(28)30-13-16-12-18(25-26(16)2)17-7-5-6-8-21(17)29-3/h5-12,14H,4,13H2,1-3H3,(H,24,28). The molecule has 0 saturated heterocycles. The number of imidazole rings is 1. The number of hydrogen-bond acceptors (Lipinski definition) is 5. The molecule has 4 aromatic rings. The van der Waals surface area contributed by atoms with E-state index in [-0.39, 0.29) is 6.61 Å². The van der Waals surface area contributed by atoms with E-state index in [0.29, 0.717) is 5.69 Å². The van der Waals surface area contributed by atoms with E-state index in [9.17, 15) is 4.79 Å². The SMILES string of the molecule is CCn1cnc2cc(NC(=O)OCc3cc(-c4ccccc4OC)nn3C)ccc21. The third-order valence-corrected chi connectivity index (χ3v) is 4.92. The van der Waals surface area contributed by atoms with E-state index in [2.05, 4.69) is 22.3 Å². The van der Waals surface area contributed by atoms with Crippen LogP contribution >= 0.6 is 0 Å². The Hall–Kier alpha value is -3.81. The molecule has 154 valence electrons. The minimum Gasteiger partial charge on any atom is -0.496 e. The summed E-state index contributed by atoms with van der Waals surface area (Å²) >= 11 is 0. The van der Waals surface area contributed by atoms with Crippen LogP contribution in [0.2, 0.25) is 0 Å². The lowest BCUT2D eigenvalue weighted by Crippen LogP contribution is -2.14. The van der Waals surface area contributed by atoms with Crippen molar-refractivity contribution in [2.75, 3.05) is 12.4 Å². The van der Waals surface area contributed by atoms with Crippen LogP contribution < -0.4 is 10.1 Å². The summed E-state index contributed by atoms with van der Waals surface area (Å²) in [5.74, 6) is 0.738. The number of hydrogen-bond donors (Lipinski definition) is 1. The fourth-order valence-corrected chi connectivity index (χ4v) is 3.32. The summed E-state index contributed by atoms with van der Waals surface area (Å²) in [6.45, 7) is 2.99. The molecule has 0 aliphatic rings. The molecular formula is C22H23N5O3. The molecule has 2 heterocycles. The van der Waals surface area contributed by atoms with Gasteiger partial charge in [0.2, 0.25) is 0 Å². The monoisotopic (exact) mass is 405 g/mol. The first kappa shape index (κ1) is 19.5. The second kappa shape index (κ2) is 8.28. The Morgan fingerprint density at radius 2 is 2.00 bits per heavy atom. The van der Waals surface area contributed by atoms with Crippen molar-refractivity contribution in [1.82, 2.24) is 19.3 Å². The Bertz CT molecular complexity index is 1190. The number of amides is 1. The predicted molar refractivity (Wildman–Crippen MR) is 114 cm³/mol. The smallest absolute Gasteiger partial charge is 0.412 e. The van der Waals surface area contributed by atoms with E-state index in [4.69, 9.17) is 9.47 Å². The fraction of sp³-hybridized carbons (Fsp3) is 0.227. The number of carbonyl (C=O) groups is 1. The third-order valence-electron chi connectivity index (χ3n) is 4.92. The summed E-state index contributed by atoms with van der Waals surface area (Å²) in [5.41, 5.74) is 4.88. The summed E-state index contributed by atoms with van der Waals surface area (Å²) in [4.78, 5) is 16.6. The number of ether oxygens (including phenoxy) is 2. The molecule has 0 unspecified atom stereocenters. The number of para-hydroxylation sites is 1. The Kier molecular flexibility index (Phi) is 5.38. The molecule has 0 saturated carbocycles. The molecule has 1 N–H and O–H groups in total. The molecule has 0 aliphatic heterocycles. The van der Waals surface area contributed by atoms with Crippen molar-refractivity contribution in [3.8, 4) is 17.0 Å². The summed E-state index contributed by atoms with van der Waals surface area (Å²) < 4.78 is 14.5. The molecule has 0 fully saturated rings. The van der Waals surface area contributed by atoms with Crippen LogP contribution in [-0.2, 0) is 24.9 Å². The highest BCUT2D eigenvalue weighted by Crippen LogP contribution is 2.29. The zero-order chi connectivity index (χ0) is 21.1. The van der Waals surface area contributed by atoms with Crippen molar-refractivity contribution in [3.63, 3.8) is 0 Å². The lowest BCUT2D eigenvalue weighted by molar-refractivity contribution is 0.152. The number of anilines is 1. The van der Waals surface area contributed by atoms with Crippen LogP contribution in [0.3, 0.4) is 0 Å². The number of carbonyl (C=O) groups excluding carboxylic acids is 1. The molecule has 8 nitrogen and oxygen atoms in total. The number of rotatable bonds is 6. The van der Waals surface area contributed by atoms with Gasteiger partial charge in [-0.3, -0.25) is 10.00 Å².